The van der Waals surface area contributed by atoms with Gasteiger partial charge < -0.3 is 9.64 Å². The van der Waals surface area contributed by atoms with E-state index in [-0.39, 0.29) is 11.9 Å². The molecule has 6 nitrogen and oxygen atoms in total. The summed E-state index contributed by atoms with van der Waals surface area (Å²) in [7, 11) is 1.67. The Morgan fingerprint density at radius 3 is 2.65 bits per heavy atom. The van der Waals surface area contributed by atoms with Gasteiger partial charge in [-0.15, -0.1) is 0 Å². The average molecular weight is 417 g/mol. The third-order valence-electron chi connectivity index (χ3n) is 6.30. The Kier molecular flexibility index (Phi) is 5.47. The number of hydrogen-bond donors (Lipinski definition) is 1. The van der Waals surface area contributed by atoms with Gasteiger partial charge in [-0.1, -0.05) is 24.3 Å². The monoisotopic (exact) mass is 416 g/mol. The Morgan fingerprint density at radius 1 is 1.10 bits per heavy atom. The van der Waals surface area contributed by atoms with Crippen molar-refractivity contribution in [2.24, 2.45) is 5.92 Å². The van der Waals surface area contributed by atoms with Gasteiger partial charge in [-0.05, 0) is 60.6 Å². The molecule has 1 aliphatic carbocycles. The predicted octanol–water partition coefficient (Wildman–Crippen LogP) is 4.28. The molecule has 2 heterocycles. The van der Waals surface area contributed by atoms with Gasteiger partial charge in [0, 0.05) is 37.1 Å². The highest BCUT2D eigenvalue weighted by Gasteiger charge is 2.37. The van der Waals surface area contributed by atoms with Crippen LogP contribution in [0.1, 0.15) is 30.9 Å². The molecule has 6 heteroatoms. The van der Waals surface area contributed by atoms with Gasteiger partial charge in [-0.25, -0.2) is 0 Å². The van der Waals surface area contributed by atoms with Gasteiger partial charge in [0.15, 0.2) is 0 Å². The zero-order valence-electron chi connectivity index (χ0n) is 17.8. The van der Waals surface area contributed by atoms with Crippen LogP contribution in [0.25, 0.3) is 11.1 Å². The summed E-state index contributed by atoms with van der Waals surface area (Å²) in [5.74, 6) is 1.65. The molecule has 160 valence electrons. The number of amides is 1. The minimum absolute atomic E-state index is 0.141. The second-order valence-electron chi connectivity index (χ2n) is 8.49. The topological polar surface area (TPSA) is 61.5 Å². The van der Waals surface area contributed by atoms with Gasteiger partial charge in [-0.3, -0.25) is 14.8 Å². The van der Waals surface area contributed by atoms with Gasteiger partial charge in [0.25, 0.3) is 0 Å². The van der Waals surface area contributed by atoms with Crippen molar-refractivity contribution in [2.45, 2.75) is 25.3 Å². The molecule has 1 unspecified atom stereocenters. The Labute approximate surface area is 182 Å². The van der Waals surface area contributed by atoms with Crippen molar-refractivity contribution in [3.05, 3.63) is 66.5 Å². The van der Waals surface area contributed by atoms with Gasteiger partial charge in [0.05, 0.1) is 13.3 Å². The number of rotatable bonds is 6. The Balaban J connectivity index is 1.46. The predicted molar refractivity (Wildman–Crippen MR) is 121 cm³/mol. The highest BCUT2D eigenvalue weighted by Crippen LogP contribution is 2.36. The molecule has 1 aromatic heterocycles. The number of aromatic amines is 1. The van der Waals surface area contributed by atoms with Crippen molar-refractivity contribution in [3.8, 4) is 16.9 Å². The summed E-state index contributed by atoms with van der Waals surface area (Å²) in [4.78, 5) is 18.2. The minimum Gasteiger partial charge on any atom is -0.497 e. The molecule has 31 heavy (non-hydrogen) atoms. The Bertz CT molecular complexity index is 1030. The number of ether oxygens (including phenoxy) is 1. The lowest BCUT2D eigenvalue weighted by molar-refractivity contribution is -0.123. The lowest BCUT2D eigenvalue weighted by atomic mass is 10.0. The largest absolute Gasteiger partial charge is 0.497 e. The van der Waals surface area contributed by atoms with Crippen LogP contribution in [-0.2, 0) is 4.79 Å². The van der Waals surface area contributed by atoms with Gasteiger partial charge >= 0.3 is 0 Å². The van der Waals surface area contributed by atoms with Crippen molar-refractivity contribution in [3.63, 3.8) is 0 Å². The molecular weight excluding hydrogens is 388 g/mol. The second kappa shape index (κ2) is 8.55. The van der Waals surface area contributed by atoms with Crippen LogP contribution in [0.3, 0.4) is 0 Å². The van der Waals surface area contributed by atoms with Crippen molar-refractivity contribution in [2.75, 3.05) is 31.6 Å². The van der Waals surface area contributed by atoms with Gasteiger partial charge in [0.2, 0.25) is 5.91 Å². The van der Waals surface area contributed by atoms with Crippen LogP contribution in [0, 0.1) is 5.92 Å². The number of aromatic nitrogens is 2. The molecule has 1 saturated heterocycles. The zero-order chi connectivity index (χ0) is 21.2. The van der Waals surface area contributed by atoms with Crippen LogP contribution in [0.15, 0.2) is 60.9 Å². The number of hydrogen-bond acceptors (Lipinski definition) is 4. The molecule has 0 bridgehead atoms. The molecule has 0 radical (unpaired) electrons. The molecule has 1 amide bonds. The van der Waals surface area contributed by atoms with Crippen LogP contribution in [0.5, 0.6) is 5.75 Å². The SMILES string of the molecule is COc1cccc(C2C(=O)N(c3ccc(-c4cn[nH]c4)cc3)CCCN2CC2CC2)c1. The maximum Gasteiger partial charge on any atom is 0.248 e. The van der Waals surface area contributed by atoms with Crippen LogP contribution in [0.2, 0.25) is 0 Å². The lowest BCUT2D eigenvalue weighted by Crippen LogP contribution is -2.40. The van der Waals surface area contributed by atoms with E-state index in [2.05, 4.69) is 33.3 Å². The number of carbonyl (C=O) groups is 1. The lowest BCUT2D eigenvalue weighted by Gasteiger charge is -2.31. The first-order valence-electron chi connectivity index (χ1n) is 11.0. The van der Waals surface area contributed by atoms with Gasteiger partial charge in [-0.2, -0.15) is 5.10 Å². The van der Waals surface area contributed by atoms with E-state index >= 15 is 0 Å². The number of nitrogens with zero attached hydrogens (tertiary/aromatic N) is 3. The molecule has 1 atom stereocenters. The molecular formula is C25H28N4O2. The first kappa shape index (κ1) is 19.8. The first-order chi connectivity index (χ1) is 15.2. The third kappa shape index (κ3) is 4.21. The smallest absolute Gasteiger partial charge is 0.248 e. The van der Waals surface area contributed by atoms with Crippen molar-refractivity contribution in [1.82, 2.24) is 15.1 Å². The van der Waals surface area contributed by atoms with Crippen molar-refractivity contribution < 1.29 is 9.53 Å². The molecule has 0 spiro atoms. The van der Waals surface area contributed by atoms with E-state index in [0.29, 0.717) is 0 Å². The number of benzene rings is 2. The standard InChI is InChI=1S/C25H28N4O2/c1-31-23-5-2-4-20(14-23)24-25(30)29(13-3-12-28(24)17-18-6-7-18)22-10-8-19(9-11-22)21-15-26-27-16-21/h2,4-5,8-11,14-16,18,24H,3,6-7,12-13,17H2,1H3,(H,26,27). The summed E-state index contributed by atoms with van der Waals surface area (Å²) in [6, 6.07) is 15.9. The zero-order valence-corrected chi connectivity index (χ0v) is 17.8. The third-order valence-corrected chi connectivity index (χ3v) is 6.30. The first-order valence-corrected chi connectivity index (χ1v) is 11.0. The summed E-state index contributed by atoms with van der Waals surface area (Å²) in [6.45, 7) is 2.64. The molecule has 5 rings (SSSR count). The van der Waals surface area contributed by atoms with Crippen LogP contribution < -0.4 is 9.64 Å². The molecule has 1 saturated carbocycles. The molecule has 2 aliphatic rings. The number of carbonyl (C=O) groups excluding carboxylic acids is 1. The van der Waals surface area contributed by atoms with E-state index in [4.69, 9.17) is 4.74 Å². The normalized spacial score (nSPS) is 20.0. The fraction of sp³-hybridized carbons (Fsp3) is 0.360. The maximum atomic E-state index is 13.9. The number of nitrogens with one attached hydrogen (secondary N) is 1. The van der Waals surface area contributed by atoms with E-state index < -0.39 is 0 Å². The van der Waals surface area contributed by atoms with E-state index in [9.17, 15) is 4.79 Å². The molecule has 2 fully saturated rings. The minimum atomic E-state index is -0.285. The highest BCUT2D eigenvalue weighted by atomic mass is 16.5. The summed E-state index contributed by atoms with van der Waals surface area (Å²) in [5, 5.41) is 6.87. The summed E-state index contributed by atoms with van der Waals surface area (Å²) < 4.78 is 5.45. The van der Waals surface area contributed by atoms with Crippen LogP contribution in [-0.4, -0.2) is 47.7 Å². The number of methoxy groups -OCH3 is 1. The van der Waals surface area contributed by atoms with Crippen LogP contribution >= 0.6 is 0 Å². The summed E-state index contributed by atoms with van der Waals surface area (Å²) in [5.41, 5.74) is 4.07. The molecule has 1 N–H and O–H groups in total. The quantitative estimate of drug-likeness (QED) is 0.652. The molecule has 3 aromatic rings. The Hall–Kier alpha value is -3.12. The highest BCUT2D eigenvalue weighted by molar-refractivity contribution is 5.98. The van der Waals surface area contributed by atoms with E-state index in [1.54, 1.807) is 13.3 Å². The molecule has 2 aromatic carbocycles. The van der Waals surface area contributed by atoms with Crippen LogP contribution in [0.4, 0.5) is 5.69 Å². The van der Waals surface area contributed by atoms with E-state index in [1.807, 2.05) is 41.4 Å². The van der Waals surface area contributed by atoms with Gasteiger partial charge in [0.1, 0.15) is 11.8 Å². The van der Waals surface area contributed by atoms with E-state index in [0.717, 1.165) is 60.1 Å². The second-order valence-corrected chi connectivity index (χ2v) is 8.49. The Morgan fingerprint density at radius 2 is 1.94 bits per heavy atom. The molecule has 1 aliphatic heterocycles. The summed E-state index contributed by atoms with van der Waals surface area (Å²) in [6.07, 6.45) is 7.19. The van der Waals surface area contributed by atoms with Crippen molar-refractivity contribution >= 4 is 11.6 Å². The average Bonchev–Trinajstić information content (AvgIpc) is 3.49. The fourth-order valence-corrected chi connectivity index (χ4v) is 4.47. The fourth-order valence-electron chi connectivity index (χ4n) is 4.47. The summed E-state index contributed by atoms with van der Waals surface area (Å²) >= 11 is 0. The number of anilines is 1. The number of H-pyrrole nitrogens is 1. The van der Waals surface area contributed by atoms with Crippen molar-refractivity contribution in [1.29, 1.82) is 0 Å². The maximum absolute atomic E-state index is 13.9. The van der Waals surface area contributed by atoms with E-state index in [1.165, 1.54) is 12.8 Å².